The first-order chi connectivity index (χ1) is 8.36. The Hall–Kier alpha value is -1.62. The van der Waals surface area contributed by atoms with E-state index < -0.39 is 0 Å². The molecule has 1 aromatic heterocycles. The van der Waals surface area contributed by atoms with Crippen LogP contribution < -0.4 is 5.43 Å². The summed E-state index contributed by atoms with van der Waals surface area (Å²) in [6, 6.07) is 3.94. The first kappa shape index (κ1) is 11.9. The minimum atomic E-state index is -0.270. The van der Waals surface area contributed by atoms with Crippen molar-refractivity contribution in [2.24, 2.45) is 0 Å². The molecule has 1 aliphatic rings. The summed E-state index contributed by atoms with van der Waals surface area (Å²) >= 11 is 0. The zero-order valence-electron chi connectivity index (χ0n) is 9.76. The van der Waals surface area contributed by atoms with Crippen LogP contribution in [0.1, 0.15) is 18.4 Å². The number of amides is 1. The Morgan fingerprint density at radius 2 is 2.53 bits per heavy atom. The third-order valence-corrected chi connectivity index (χ3v) is 2.64. The van der Waals surface area contributed by atoms with Crippen LogP contribution >= 0.6 is 0 Å². The minimum absolute atomic E-state index is 0.270. The van der Waals surface area contributed by atoms with Gasteiger partial charge in [-0.25, -0.2) is 15.2 Å². The summed E-state index contributed by atoms with van der Waals surface area (Å²) in [6.07, 6.45) is 6.02. The van der Waals surface area contributed by atoms with Crippen LogP contribution in [-0.2, 0) is 11.2 Å². The lowest BCUT2D eigenvalue weighted by Crippen LogP contribution is -2.37. The number of hydrazine groups is 1. The molecule has 1 saturated heterocycles. The van der Waals surface area contributed by atoms with E-state index in [0.717, 1.165) is 32.4 Å². The van der Waals surface area contributed by atoms with E-state index in [2.05, 4.69) is 10.4 Å². The maximum atomic E-state index is 11.5. The van der Waals surface area contributed by atoms with Crippen LogP contribution in [0.3, 0.4) is 0 Å². The zero-order valence-corrected chi connectivity index (χ0v) is 9.76. The molecule has 0 spiro atoms. The maximum absolute atomic E-state index is 11.5. The van der Waals surface area contributed by atoms with Gasteiger partial charge in [-0.15, -0.1) is 0 Å². The second-order valence-electron chi connectivity index (χ2n) is 3.99. The fourth-order valence-corrected chi connectivity index (χ4v) is 1.75. The number of hydrogen-bond donors (Lipinski definition) is 1. The van der Waals surface area contributed by atoms with Crippen molar-refractivity contribution < 1.29 is 9.53 Å². The molecule has 17 heavy (non-hydrogen) atoms. The van der Waals surface area contributed by atoms with Crippen LogP contribution in [-0.4, -0.2) is 35.8 Å². The topological polar surface area (TPSA) is 54.5 Å². The van der Waals surface area contributed by atoms with Crippen molar-refractivity contribution in [3.63, 3.8) is 0 Å². The molecule has 5 nitrogen and oxygen atoms in total. The highest BCUT2D eigenvalue weighted by Gasteiger charge is 2.18. The summed E-state index contributed by atoms with van der Waals surface area (Å²) in [6.45, 7) is 2.04. The number of aromatic nitrogens is 1. The molecule has 0 aliphatic carbocycles. The lowest BCUT2D eigenvalue weighted by molar-refractivity contribution is 0.0953. The highest BCUT2D eigenvalue weighted by molar-refractivity contribution is 5.67. The molecule has 0 unspecified atom stereocenters. The number of pyridine rings is 1. The average Bonchev–Trinajstić information content (AvgIpc) is 2.89. The van der Waals surface area contributed by atoms with E-state index in [1.54, 1.807) is 6.20 Å². The number of rotatable bonds is 4. The molecule has 0 saturated carbocycles. The quantitative estimate of drug-likeness (QED) is 0.801. The average molecular weight is 235 g/mol. The first-order valence-electron chi connectivity index (χ1n) is 5.93. The van der Waals surface area contributed by atoms with E-state index in [-0.39, 0.29) is 6.09 Å². The second-order valence-corrected chi connectivity index (χ2v) is 3.99. The zero-order chi connectivity index (χ0) is 11.9. The fraction of sp³-hybridized carbons (Fsp3) is 0.500. The van der Waals surface area contributed by atoms with Gasteiger partial charge >= 0.3 is 6.09 Å². The van der Waals surface area contributed by atoms with Gasteiger partial charge in [0, 0.05) is 25.5 Å². The third kappa shape index (κ3) is 3.71. The molecule has 1 amide bonds. The van der Waals surface area contributed by atoms with E-state index in [9.17, 15) is 4.79 Å². The molecular weight excluding hydrogens is 218 g/mol. The van der Waals surface area contributed by atoms with Gasteiger partial charge in [-0.05, 0) is 30.9 Å². The van der Waals surface area contributed by atoms with Crippen molar-refractivity contribution in [2.45, 2.75) is 19.3 Å². The molecule has 0 radical (unpaired) electrons. The number of nitrogens with zero attached hydrogens (tertiary/aromatic N) is 2. The molecule has 1 aliphatic heterocycles. The summed E-state index contributed by atoms with van der Waals surface area (Å²) in [7, 11) is 0. The number of ether oxygens (including phenoxy) is 1. The molecule has 1 aromatic rings. The Kier molecular flexibility index (Phi) is 4.32. The lowest BCUT2D eigenvalue weighted by Gasteiger charge is -2.15. The molecular formula is C12H17N3O2. The Labute approximate surface area is 101 Å². The number of nitrogens with one attached hydrogen (secondary N) is 1. The molecule has 92 valence electrons. The van der Waals surface area contributed by atoms with E-state index >= 15 is 0 Å². The predicted molar refractivity (Wildman–Crippen MR) is 63.2 cm³/mol. The van der Waals surface area contributed by atoms with Crippen molar-refractivity contribution >= 4 is 6.09 Å². The van der Waals surface area contributed by atoms with Gasteiger partial charge in [-0.2, -0.15) is 0 Å². The Bertz CT molecular complexity index is 350. The largest absolute Gasteiger partial charge is 0.448 e. The van der Waals surface area contributed by atoms with Crippen molar-refractivity contribution in [1.82, 2.24) is 15.4 Å². The molecule has 5 heteroatoms. The van der Waals surface area contributed by atoms with Crippen LogP contribution in [0.5, 0.6) is 0 Å². The van der Waals surface area contributed by atoms with Gasteiger partial charge in [0.1, 0.15) is 0 Å². The van der Waals surface area contributed by atoms with E-state index in [1.165, 1.54) is 10.6 Å². The summed E-state index contributed by atoms with van der Waals surface area (Å²) < 4.78 is 5.15. The second kappa shape index (κ2) is 6.20. The van der Waals surface area contributed by atoms with Crippen molar-refractivity contribution in [2.75, 3.05) is 19.7 Å². The van der Waals surface area contributed by atoms with E-state index in [1.807, 2.05) is 18.3 Å². The summed E-state index contributed by atoms with van der Waals surface area (Å²) in [5.74, 6) is 0. The Morgan fingerprint density at radius 1 is 1.59 bits per heavy atom. The predicted octanol–water partition coefficient (Wildman–Crippen LogP) is 1.36. The highest BCUT2D eigenvalue weighted by atomic mass is 16.6. The monoisotopic (exact) mass is 235 g/mol. The van der Waals surface area contributed by atoms with Gasteiger partial charge in [0.2, 0.25) is 0 Å². The summed E-state index contributed by atoms with van der Waals surface area (Å²) in [5.41, 5.74) is 4.13. The number of hydrogen-bond acceptors (Lipinski definition) is 4. The summed E-state index contributed by atoms with van der Waals surface area (Å²) in [5, 5.41) is 1.53. The molecule has 0 atom stereocenters. The first-order valence-corrected chi connectivity index (χ1v) is 5.93. The normalized spacial score (nSPS) is 14.9. The number of aryl methyl sites for hydroxylation is 1. The molecule has 0 aromatic carbocycles. The smallest absolute Gasteiger partial charge is 0.424 e. The van der Waals surface area contributed by atoms with Gasteiger partial charge in [-0.3, -0.25) is 4.98 Å². The molecule has 2 heterocycles. The van der Waals surface area contributed by atoms with Crippen LogP contribution in [0.2, 0.25) is 0 Å². The lowest BCUT2D eigenvalue weighted by atomic mass is 10.2. The van der Waals surface area contributed by atoms with Crippen molar-refractivity contribution in [3.05, 3.63) is 30.1 Å². The van der Waals surface area contributed by atoms with Gasteiger partial charge in [0.15, 0.2) is 0 Å². The number of carbonyl (C=O) groups is 1. The third-order valence-electron chi connectivity index (χ3n) is 2.64. The van der Waals surface area contributed by atoms with Crippen LogP contribution in [0.15, 0.2) is 24.5 Å². The Morgan fingerprint density at radius 3 is 3.24 bits per heavy atom. The molecule has 1 N–H and O–H groups in total. The van der Waals surface area contributed by atoms with Gasteiger partial charge in [0.25, 0.3) is 0 Å². The highest BCUT2D eigenvalue weighted by Crippen LogP contribution is 2.03. The fourth-order valence-electron chi connectivity index (χ4n) is 1.75. The number of carbonyl (C=O) groups excluding carboxylic acids is 1. The summed E-state index contributed by atoms with van der Waals surface area (Å²) in [4.78, 5) is 15.5. The minimum Gasteiger partial charge on any atom is -0.448 e. The molecule has 0 bridgehead atoms. The van der Waals surface area contributed by atoms with Gasteiger partial charge in [-0.1, -0.05) is 6.07 Å². The van der Waals surface area contributed by atoms with Crippen LogP contribution in [0.4, 0.5) is 4.79 Å². The van der Waals surface area contributed by atoms with Crippen molar-refractivity contribution in [1.29, 1.82) is 0 Å². The SMILES string of the molecule is O=C(OCCCc1cccnc1)N1CCCN1. The van der Waals surface area contributed by atoms with E-state index in [0.29, 0.717) is 6.61 Å². The van der Waals surface area contributed by atoms with Crippen LogP contribution in [0, 0.1) is 0 Å². The van der Waals surface area contributed by atoms with E-state index in [4.69, 9.17) is 4.74 Å². The standard InChI is InChI=1S/C12H17N3O2/c16-12(15-8-3-7-14-15)17-9-2-5-11-4-1-6-13-10-11/h1,4,6,10,14H,2-3,5,7-9H2. The Balaban J connectivity index is 1.61. The van der Waals surface area contributed by atoms with Gasteiger partial charge < -0.3 is 4.74 Å². The van der Waals surface area contributed by atoms with Crippen LogP contribution in [0.25, 0.3) is 0 Å². The van der Waals surface area contributed by atoms with Gasteiger partial charge in [0.05, 0.1) is 6.61 Å². The maximum Gasteiger partial charge on any atom is 0.424 e. The molecule has 2 rings (SSSR count). The van der Waals surface area contributed by atoms with Crippen molar-refractivity contribution in [3.8, 4) is 0 Å². The molecule has 1 fully saturated rings.